The Hall–Kier alpha value is -3.00. The maximum atomic E-state index is 4.80. The Morgan fingerprint density at radius 3 is 2.27 bits per heavy atom. The minimum absolute atomic E-state index is 0.901. The van der Waals surface area contributed by atoms with Gasteiger partial charge in [0.05, 0.1) is 17.1 Å². The SMILES string of the molecule is c1ccc(-c2cccc(-c3nccc4ccccc34)n2)cc1. The minimum Gasteiger partial charge on any atom is -0.254 e. The molecule has 104 valence electrons. The zero-order valence-corrected chi connectivity index (χ0v) is 12.0. The summed E-state index contributed by atoms with van der Waals surface area (Å²) in [7, 11) is 0. The van der Waals surface area contributed by atoms with Gasteiger partial charge in [-0.2, -0.15) is 0 Å². The molecule has 0 aliphatic heterocycles. The minimum atomic E-state index is 0.901. The molecule has 0 aliphatic carbocycles. The van der Waals surface area contributed by atoms with E-state index in [-0.39, 0.29) is 0 Å². The highest BCUT2D eigenvalue weighted by atomic mass is 14.8. The summed E-state index contributed by atoms with van der Waals surface area (Å²) in [5.74, 6) is 0. The van der Waals surface area contributed by atoms with Gasteiger partial charge in [0.2, 0.25) is 0 Å². The number of benzene rings is 2. The van der Waals surface area contributed by atoms with Gasteiger partial charge in [0, 0.05) is 17.1 Å². The van der Waals surface area contributed by atoms with Crippen molar-refractivity contribution in [3.05, 3.63) is 85.1 Å². The van der Waals surface area contributed by atoms with E-state index in [0.29, 0.717) is 0 Å². The molecule has 0 saturated carbocycles. The maximum absolute atomic E-state index is 4.80. The molecule has 0 bridgehead atoms. The Kier molecular flexibility index (Phi) is 3.13. The number of nitrogens with zero attached hydrogens (tertiary/aromatic N) is 2. The molecule has 0 spiro atoms. The van der Waals surface area contributed by atoms with Crippen molar-refractivity contribution in [2.24, 2.45) is 0 Å². The summed E-state index contributed by atoms with van der Waals surface area (Å²) in [4.78, 5) is 9.35. The van der Waals surface area contributed by atoms with Crippen LogP contribution in [-0.2, 0) is 0 Å². The van der Waals surface area contributed by atoms with E-state index in [1.165, 1.54) is 5.39 Å². The van der Waals surface area contributed by atoms with Crippen LogP contribution < -0.4 is 0 Å². The molecule has 0 saturated heterocycles. The summed E-state index contributed by atoms with van der Waals surface area (Å²) in [5.41, 5.74) is 3.91. The molecular weight excluding hydrogens is 268 g/mol. The first kappa shape index (κ1) is 12.7. The van der Waals surface area contributed by atoms with Crippen molar-refractivity contribution in [2.75, 3.05) is 0 Å². The van der Waals surface area contributed by atoms with Crippen molar-refractivity contribution in [1.29, 1.82) is 0 Å². The predicted molar refractivity (Wildman–Crippen MR) is 90.4 cm³/mol. The Labute approximate surface area is 129 Å². The summed E-state index contributed by atoms with van der Waals surface area (Å²) in [6, 6.07) is 26.6. The van der Waals surface area contributed by atoms with Gasteiger partial charge in [0.15, 0.2) is 0 Å². The molecule has 4 aromatic rings. The molecule has 0 unspecified atom stereocenters. The molecule has 2 nitrogen and oxygen atoms in total. The third kappa shape index (κ3) is 2.25. The topological polar surface area (TPSA) is 25.8 Å². The van der Waals surface area contributed by atoms with E-state index in [0.717, 1.165) is 28.0 Å². The highest BCUT2D eigenvalue weighted by molar-refractivity contribution is 5.93. The first-order chi connectivity index (χ1) is 10.9. The molecule has 22 heavy (non-hydrogen) atoms. The van der Waals surface area contributed by atoms with Crippen molar-refractivity contribution >= 4 is 10.8 Å². The standard InChI is InChI=1S/C20H14N2/c1-2-8-16(9-3-1)18-11-6-12-19(22-18)20-17-10-5-4-7-15(17)13-14-21-20/h1-14H. The average Bonchev–Trinajstić information content (AvgIpc) is 2.62. The van der Waals surface area contributed by atoms with E-state index in [1.54, 1.807) is 0 Å². The summed E-state index contributed by atoms with van der Waals surface area (Å²) in [5, 5.41) is 2.31. The lowest BCUT2D eigenvalue weighted by molar-refractivity contribution is 1.27. The van der Waals surface area contributed by atoms with Crippen molar-refractivity contribution < 1.29 is 0 Å². The molecule has 2 heterocycles. The monoisotopic (exact) mass is 282 g/mol. The van der Waals surface area contributed by atoms with E-state index >= 15 is 0 Å². The zero-order chi connectivity index (χ0) is 14.8. The van der Waals surface area contributed by atoms with E-state index in [9.17, 15) is 0 Å². The van der Waals surface area contributed by atoms with Crippen LogP contribution in [0.25, 0.3) is 33.4 Å². The van der Waals surface area contributed by atoms with Crippen LogP contribution in [0.15, 0.2) is 85.1 Å². The summed E-state index contributed by atoms with van der Waals surface area (Å²) in [6.07, 6.45) is 1.84. The molecule has 0 radical (unpaired) electrons. The average molecular weight is 282 g/mol. The van der Waals surface area contributed by atoms with E-state index in [2.05, 4.69) is 29.2 Å². The van der Waals surface area contributed by atoms with Crippen LogP contribution in [0.3, 0.4) is 0 Å². The Balaban J connectivity index is 1.89. The molecule has 2 aromatic carbocycles. The molecule has 4 rings (SSSR count). The van der Waals surface area contributed by atoms with Gasteiger partial charge in [-0.05, 0) is 23.6 Å². The predicted octanol–water partition coefficient (Wildman–Crippen LogP) is 4.96. The third-order valence-electron chi connectivity index (χ3n) is 3.73. The number of aromatic nitrogens is 2. The van der Waals surface area contributed by atoms with Crippen molar-refractivity contribution in [1.82, 2.24) is 9.97 Å². The lowest BCUT2D eigenvalue weighted by Crippen LogP contribution is -1.91. The van der Waals surface area contributed by atoms with Gasteiger partial charge in [-0.15, -0.1) is 0 Å². The summed E-state index contributed by atoms with van der Waals surface area (Å²) in [6.45, 7) is 0. The maximum Gasteiger partial charge on any atom is 0.0964 e. The van der Waals surface area contributed by atoms with Gasteiger partial charge in [-0.25, -0.2) is 4.98 Å². The van der Waals surface area contributed by atoms with Crippen LogP contribution in [0.4, 0.5) is 0 Å². The fourth-order valence-electron chi connectivity index (χ4n) is 2.66. The number of fused-ring (bicyclic) bond motifs is 1. The van der Waals surface area contributed by atoms with Gasteiger partial charge < -0.3 is 0 Å². The van der Waals surface area contributed by atoms with Crippen LogP contribution in [0.5, 0.6) is 0 Å². The fraction of sp³-hybridized carbons (Fsp3) is 0. The largest absolute Gasteiger partial charge is 0.254 e. The van der Waals surface area contributed by atoms with Crippen molar-refractivity contribution in [2.45, 2.75) is 0 Å². The summed E-state index contributed by atoms with van der Waals surface area (Å²) >= 11 is 0. The lowest BCUT2D eigenvalue weighted by Gasteiger charge is -2.07. The molecule has 0 fully saturated rings. The Bertz CT molecular complexity index is 925. The van der Waals surface area contributed by atoms with E-state index < -0.39 is 0 Å². The lowest BCUT2D eigenvalue weighted by atomic mass is 10.1. The van der Waals surface area contributed by atoms with Crippen molar-refractivity contribution in [3.63, 3.8) is 0 Å². The first-order valence-electron chi connectivity index (χ1n) is 7.28. The zero-order valence-electron chi connectivity index (χ0n) is 12.0. The van der Waals surface area contributed by atoms with Gasteiger partial charge in [-0.1, -0.05) is 60.7 Å². The van der Waals surface area contributed by atoms with Crippen molar-refractivity contribution in [3.8, 4) is 22.6 Å². The third-order valence-corrected chi connectivity index (χ3v) is 3.73. The second-order valence-corrected chi connectivity index (χ2v) is 5.15. The highest BCUT2D eigenvalue weighted by Crippen LogP contribution is 2.26. The molecule has 2 aromatic heterocycles. The normalized spacial score (nSPS) is 10.7. The van der Waals surface area contributed by atoms with Gasteiger partial charge in [0.1, 0.15) is 0 Å². The quantitative estimate of drug-likeness (QED) is 0.519. The van der Waals surface area contributed by atoms with Gasteiger partial charge in [-0.3, -0.25) is 4.98 Å². The smallest absolute Gasteiger partial charge is 0.0964 e. The Morgan fingerprint density at radius 2 is 1.36 bits per heavy atom. The number of hydrogen-bond acceptors (Lipinski definition) is 2. The fourth-order valence-corrected chi connectivity index (χ4v) is 2.66. The van der Waals surface area contributed by atoms with E-state index in [4.69, 9.17) is 4.98 Å². The van der Waals surface area contributed by atoms with Crippen LogP contribution in [0, 0.1) is 0 Å². The van der Waals surface area contributed by atoms with Gasteiger partial charge >= 0.3 is 0 Å². The Morgan fingerprint density at radius 1 is 0.591 bits per heavy atom. The molecule has 0 amide bonds. The van der Waals surface area contributed by atoms with Crippen LogP contribution in [0.2, 0.25) is 0 Å². The molecule has 2 heteroatoms. The number of pyridine rings is 2. The first-order valence-corrected chi connectivity index (χ1v) is 7.28. The second kappa shape index (κ2) is 5.41. The summed E-state index contributed by atoms with van der Waals surface area (Å²) < 4.78 is 0. The molecule has 0 aliphatic rings. The number of rotatable bonds is 2. The highest BCUT2D eigenvalue weighted by Gasteiger charge is 2.07. The number of hydrogen-bond donors (Lipinski definition) is 0. The molecular formula is C20H14N2. The molecule has 0 N–H and O–H groups in total. The van der Waals surface area contributed by atoms with Crippen LogP contribution >= 0.6 is 0 Å². The van der Waals surface area contributed by atoms with Crippen LogP contribution in [-0.4, -0.2) is 9.97 Å². The van der Waals surface area contributed by atoms with E-state index in [1.807, 2.05) is 60.8 Å². The van der Waals surface area contributed by atoms with Crippen LogP contribution in [0.1, 0.15) is 0 Å². The second-order valence-electron chi connectivity index (χ2n) is 5.15. The molecule has 0 atom stereocenters. The van der Waals surface area contributed by atoms with Gasteiger partial charge in [0.25, 0.3) is 0 Å².